The molecule has 2 aromatic heterocycles. The molecule has 0 spiro atoms. The van der Waals surface area contributed by atoms with Crippen molar-refractivity contribution in [3.63, 3.8) is 0 Å². The molecule has 0 radical (unpaired) electrons. The molecule has 244 valence electrons. The lowest BCUT2D eigenvalue weighted by Gasteiger charge is -2.40. The van der Waals surface area contributed by atoms with Crippen molar-refractivity contribution in [3.8, 4) is 6.07 Å². The van der Waals surface area contributed by atoms with Crippen molar-refractivity contribution >= 4 is 45.5 Å². The Bertz CT molecular complexity index is 1630. The molecule has 1 saturated heterocycles. The fourth-order valence-electron chi connectivity index (χ4n) is 6.29. The molecule has 0 saturated carbocycles. The molecule has 0 unspecified atom stereocenters. The van der Waals surface area contributed by atoms with Crippen LogP contribution in [0.2, 0.25) is 10.0 Å². The Labute approximate surface area is 283 Å². The van der Waals surface area contributed by atoms with Crippen LogP contribution in [-0.4, -0.2) is 50.1 Å². The van der Waals surface area contributed by atoms with E-state index in [1.165, 1.54) is 25.7 Å². The molecule has 1 aliphatic heterocycles. The number of rotatable bonds is 13. The lowest BCUT2D eigenvalue weighted by molar-refractivity contribution is 0.0866. The number of nitrogens with zero attached hydrogens (tertiary/aromatic N) is 6. The molecule has 2 aromatic carbocycles. The fraction of sp³-hybridized carbons (Fsp3) is 0.500. The van der Waals surface area contributed by atoms with Crippen molar-refractivity contribution in [3.05, 3.63) is 75.7 Å². The average molecular weight is 662 g/mol. The molecular formula is C36H46Cl2N8. The first-order chi connectivity index (χ1) is 22.2. The Morgan fingerprint density at radius 2 is 1.74 bits per heavy atom. The number of fused-ring (bicyclic) bond motifs is 1. The fourth-order valence-corrected chi connectivity index (χ4v) is 6.68. The molecule has 8 nitrogen and oxygen atoms in total. The lowest BCUT2D eigenvalue weighted by Crippen LogP contribution is -2.46. The maximum Gasteiger partial charge on any atom is 0.109 e. The zero-order chi connectivity index (χ0) is 32.7. The number of piperidine rings is 1. The van der Waals surface area contributed by atoms with Gasteiger partial charge in [0.15, 0.2) is 0 Å². The number of pyridine rings is 1. The summed E-state index contributed by atoms with van der Waals surface area (Å²) in [5.41, 5.74) is 4.69. The van der Waals surface area contributed by atoms with Gasteiger partial charge in [-0.3, -0.25) is 9.88 Å². The Balaban J connectivity index is 1.41. The van der Waals surface area contributed by atoms with Crippen molar-refractivity contribution in [2.24, 2.45) is 0 Å². The number of likely N-dealkylation sites (tertiary alicyclic amines) is 1. The zero-order valence-electron chi connectivity index (χ0n) is 27.5. The van der Waals surface area contributed by atoms with Gasteiger partial charge in [0.05, 0.1) is 40.1 Å². The van der Waals surface area contributed by atoms with Gasteiger partial charge in [0.2, 0.25) is 0 Å². The number of benzene rings is 2. The van der Waals surface area contributed by atoms with Gasteiger partial charge in [0, 0.05) is 47.5 Å². The van der Waals surface area contributed by atoms with Gasteiger partial charge in [-0.2, -0.15) is 5.26 Å². The van der Waals surface area contributed by atoms with E-state index in [1.807, 2.05) is 41.1 Å². The van der Waals surface area contributed by atoms with Crippen LogP contribution < -0.4 is 10.6 Å². The molecule has 10 heteroatoms. The third-order valence-corrected chi connectivity index (χ3v) is 9.54. The van der Waals surface area contributed by atoms with Crippen molar-refractivity contribution in [1.29, 1.82) is 5.26 Å². The molecule has 3 heterocycles. The van der Waals surface area contributed by atoms with E-state index in [0.717, 1.165) is 73.3 Å². The van der Waals surface area contributed by atoms with Crippen LogP contribution in [0.25, 0.3) is 10.9 Å². The van der Waals surface area contributed by atoms with Crippen LogP contribution in [0, 0.1) is 11.3 Å². The minimum absolute atomic E-state index is 0.163. The number of hydrogen-bond donors (Lipinski definition) is 2. The first kappa shape index (κ1) is 34.0. The van der Waals surface area contributed by atoms with Crippen LogP contribution in [0.5, 0.6) is 0 Å². The second kappa shape index (κ2) is 15.5. The first-order valence-electron chi connectivity index (χ1n) is 16.6. The Hall–Kier alpha value is -3.38. The third-order valence-electron chi connectivity index (χ3n) is 9.00. The number of unbranched alkanes of at least 4 members (excludes halogenated alkanes) is 5. The highest BCUT2D eigenvalue weighted by atomic mass is 35.5. The number of hydrogen-bond acceptors (Lipinski definition) is 7. The summed E-state index contributed by atoms with van der Waals surface area (Å²) in [4.78, 5) is 7.08. The first-order valence-corrected chi connectivity index (χ1v) is 17.4. The van der Waals surface area contributed by atoms with E-state index in [0.29, 0.717) is 27.2 Å². The van der Waals surface area contributed by atoms with E-state index < -0.39 is 0 Å². The minimum Gasteiger partial charge on any atom is -0.383 e. The van der Waals surface area contributed by atoms with Crippen LogP contribution in [0.1, 0.15) is 108 Å². The summed E-state index contributed by atoms with van der Waals surface area (Å²) in [6.07, 6.45) is 12.9. The van der Waals surface area contributed by atoms with Crippen molar-refractivity contribution in [1.82, 2.24) is 24.9 Å². The van der Waals surface area contributed by atoms with E-state index in [-0.39, 0.29) is 11.6 Å². The molecule has 2 N–H and O–H groups in total. The van der Waals surface area contributed by atoms with E-state index in [9.17, 15) is 5.26 Å². The Morgan fingerprint density at radius 1 is 1.02 bits per heavy atom. The topological polar surface area (TPSA) is 94.7 Å². The largest absolute Gasteiger partial charge is 0.383 e. The molecule has 0 aliphatic carbocycles. The summed E-state index contributed by atoms with van der Waals surface area (Å²) >= 11 is 13.1. The van der Waals surface area contributed by atoms with Crippen molar-refractivity contribution in [2.75, 3.05) is 30.3 Å². The standard InChI is InChI=1S/C36H46Cl2N8/c1-5-6-7-8-9-10-17-40-33-26(22-39)23-41-35-30(33)20-28(21-31(35)38)42-34(25-11-13-27(37)14-12-25)32-24-46(44-43-32)29-15-18-45(19-16-29)36(2,3)4/h11-14,20-21,23-24,29,34,42H,5-10,15-19H2,1-4H3,(H,40,41)/t34-/m0/s1. The quantitative estimate of drug-likeness (QED) is 0.138. The second-order valence-electron chi connectivity index (χ2n) is 13.3. The molecule has 0 amide bonds. The zero-order valence-corrected chi connectivity index (χ0v) is 29.0. The number of halogens is 2. The molecular weight excluding hydrogens is 615 g/mol. The smallest absolute Gasteiger partial charge is 0.109 e. The highest BCUT2D eigenvalue weighted by Gasteiger charge is 2.29. The highest BCUT2D eigenvalue weighted by Crippen LogP contribution is 2.36. The molecule has 0 bridgehead atoms. The van der Waals surface area contributed by atoms with Crippen molar-refractivity contribution < 1.29 is 0 Å². The molecule has 46 heavy (non-hydrogen) atoms. The van der Waals surface area contributed by atoms with Gasteiger partial charge in [0.25, 0.3) is 0 Å². The molecule has 5 rings (SSSR count). The second-order valence-corrected chi connectivity index (χ2v) is 14.2. The predicted molar refractivity (Wildman–Crippen MR) is 190 cm³/mol. The molecule has 4 aromatic rings. The summed E-state index contributed by atoms with van der Waals surface area (Å²) in [5, 5.41) is 28.4. The van der Waals surface area contributed by atoms with E-state index in [4.69, 9.17) is 23.2 Å². The summed E-state index contributed by atoms with van der Waals surface area (Å²) in [6, 6.07) is 14.0. The Morgan fingerprint density at radius 3 is 2.43 bits per heavy atom. The molecule has 1 atom stereocenters. The van der Waals surface area contributed by atoms with Crippen molar-refractivity contribution in [2.45, 2.75) is 96.7 Å². The number of nitriles is 1. The van der Waals surface area contributed by atoms with Gasteiger partial charge in [-0.15, -0.1) is 5.10 Å². The molecule has 1 fully saturated rings. The van der Waals surface area contributed by atoms with Crippen LogP contribution >= 0.6 is 23.2 Å². The van der Waals surface area contributed by atoms with Gasteiger partial charge in [-0.05, 0) is 69.9 Å². The monoisotopic (exact) mass is 660 g/mol. The summed E-state index contributed by atoms with van der Waals surface area (Å²) in [7, 11) is 0. The maximum absolute atomic E-state index is 9.94. The van der Waals surface area contributed by atoms with E-state index in [2.05, 4.69) is 70.8 Å². The SMILES string of the molecule is CCCCCCCCNc1c(C#N)cnc2c(Cl)cc(N[C@@H](c3ccc(Cl)cc3)c3cn(C4CCN(C(C)(C)C)CC4)nn3)cc12. The van der Waals surface area contributed by atoms with Gasteiger partial charge in [-0.25, -0.2) is 4.68 Å². The summed E-state index contributed by atoms with van der Waals surface area (Å²) < 4.78 is 2.03. The van der Waals surface area contributed by atoms with Gasteiger partial charge in [0.1, 0.15) is 11.8 Å². The summed E-state index contributed by atoms with van der Waals surface area (Å²) in [5.74, 6) is 0. The number of anilines is 2. The minimum atomic E-state index is -0.305. The van der Waals surface area contributed by atoms with E-state index in [1.54, 1.807) is 6.20 Å². The molecule has 1 aliphatic rings. The highest BCUT2D eigenvalue weighted by molar-refractivity contribution is 6.36. The lowest BCUT2D eigenvalue weighted by atomic mass is 9.98. The average Bonchev–Trinajstić information content (AvgIpc) is 3.53. The van der Waals surface area contributed by atoms with Crippen LogP contribution in [0.15, 0.2) is 48.8 Å². The van der Waals surface area contributed by atoms with Gasteiger partial charge >= 0.3 is 0 Å². The van der Waals surface area contributed by atoms with Crippen LogP contribution in [0.4, 0.5) is 11.4 Å². The third kappa shape index (κ3) is 8.31. The predicted octanol–water partition coefficient (Wildman–Crippen LogP) is 9.41. The Kier molecular flexibility index (Phi) is 11.4. The van der Waals surface area contributed by atoms with Crippen LogP contribution in [-0.2, 0) is 0 Å². The number of aromatic nitrogens is 4. The van der Waals surface area contributed by atoms with E-state index >= 15 is 0 Å². The van der Waals surface area contributed by atoms with Crippen LogP contribution in [0.3, 0.4) is 0 Å². The number of nitrogens with one attached hydrogen (secondary N) is 2. The normalized spacial score (nSPS) is 15.2. The maximum atomic E-state index is 9.94. The summed E-state index contributed by atoms with van der Waals surface area (Å²) in [6.45, 7) is 11.9. The van der Waals surface area contributed by atoms with Gasteiger partial charge < -0.3 is 10.6 Å². The van der Waals surface area contributed by atoms with Gasteiger partial charge in [-0.1, -0.05) is 79.6 Å².